The van der Waals surface area contributed by atoms with E-state index >= 15 is 0 Å². The van der Waals surface area contributed by atoms with Crippen LogP contribution >= 0.6 is 12.4 Å². The Morgan fingerprint density at radius 1 is 1.12 bits per heavy atom. The van der Waals surface area contributed by atoms with E-state index in [1.165, 1.54) is 17.7 Å². The molecule has 2 fully saturated rings. The van der Waals surface area contributed by atoms with Gasteiger partial charge in [0.2, 0.25) is 5.91 Å². The fourth-order valence-electron chi connectivity index (χ4n) is 3.99. The molecule has 3 nitrogen and oxygen atoms in total. The van der Waals surface area contributed by atoms with E-state index in [1.807, 2.05) is 24.1 Å². The number of hydrogen-bond donors (Lipinski definition) is 1. The van der Waals surface area contributed by atoms with Crippen LogP contribution in [0.15, 0.2) is 48.5 Å². The third-order valence-corrected chi connectivity index (χ3v) is 5.41. The van der Waals surface area contributed by atoms with Crippen molar-refractivity contribution >= 4 is 18.3 Å². The maximum Gasteiger partial charge on any atom is 0.242 e. The molecule has 0 aromatic heterocycles. The molecule has 5 heteroatoms. The van der Waals surface area contributed by atoms with Gasteiger partial charge in [0.15, 0.2) is 0 Å². The second-order valence-corrected chi connectivity index (χ2v) is 6.93. The highest BCUT2D eigenvalue weighted by Crippen LogP contribution is 2.39. The molecule has 0 bridgehead atoms. The van der Waals surface area contributed by atoms with E-state index in [1.54, 1.807) is 12.1 Å². The van der Waals surface area contributed by atoms with Gasteiger partial charge in [-0.1, -0.05) is 30.3 Å². The Balaban J connectivity index is 0.00000182. The van der Waals surface area contributed by atoms with E-state index in [9.17, 15) is 9.18 Å². The number of hydrogen-bond acceptors (Lipinski definition) is 2. The summed E-state index contributed by atoms with van der Waals surface area (Å²) in [5.41, 5.74) is 2.90. The van der Waals surface area contributed by atoms with Gasteiger partial charge in [0.25, 0.3) is 0 Å². The van der Waals surface area contributed by atoms with Gasteiger partial charge in [-0.2, -0.15) is 0 Å². The summed E-state index contributed by atoms with van der Waals surface area (Å²) in [6.07, 6.45) is 2.74. The lowest BCUT2D eigenvalue weighted by Crippen LogP contribution is -2.47. The van der Waals surface area contributed by atoms with Crippen LogP contribution in [0.5, 0.6) is 0 Å². The van der Waals surface area contributed by atoms with Crippen LogP contribution in [0.4, 0.5) is 4.39 Å². The number of likely N-dealkylation sites (tertiary alicyclic amines) is 1. The molecule has 2 atom stereocenters. The van der Waals surface area contributed by atoms with Crippen LogP contribution in [0.3, 0.4) is 0 Å². The molecule has 2 saturated heterocycles. The molecule has 132 valence electrons. The summed E-state index contributed by atoms with van der Waals surface area (Å²) in [7, 11) is 1.88. The van der Waals surface area contributed by atoms with Gasteiger partial charge in [-0.15, -0.1) is 12.4 Å². The summed E-state index contributed by atoms with van der Waals surface area (Å²) in [6.45, 7) is 0.828. The monoisotopic (exact) mass is 360 g/mol. The van der Waals surface area contributed by atoms with Gasteiger partial charge in [0.1, 0.15) is 11.4 Å². The lowest BCUT2D eigenvalue weighted by Gasteiger charge is -2.23. The second kappa shape index (κ2) is 6.77. The van der Waals surface area contributed by atoms with Gasteiger partial charge >= 0.3 is 0 Å². The topological polar surface area (TPSA) is 32.3 Å². The summed E-state index contributed by atoms with van der Waals surface area (Å²) in [6, 6.07) is 15.1. The molecule has 2 aliphatic rings. The van der Waals surface area contributed by atoms with E-state index in [0.717, 1.165) is 36.9 Å². The molecule has 0 unspecified atom stereocenters. The van der Waals surface area contributed by atoms with Gasteiger partial charge in [-0.25, -0.2) is 4.39 Å². The zero-order chi connectivity index (χ0) is 16.7. The molecule has 4 rings (SSSR count). The van der Waals surface area contributed by atoms with Crippen molar-refractivity contribution in [3.8, 4) is 11.1 Å². The molecule has 1 N–H and O–H groups in total. The fourth-order valence-corrected chi connectivity index (χ4v) is 3.99. The van der Waals surface area contributed by atoms with Crippen molar-refractivity contribution in [2.24, 2.45) is 0 Å². The molecule has 1 spiro atoms. The Bertz CT molecular complexity index is 780. The normalized spacial score (nSPS) is 25.4. The van der Waals surface area contributed by atoms with E-state index in [4.69, 9.17) is 0 Å². The maximum atomic E-state index is 13.1. The highest BCUT2D eigenvalue weighted by molar-refractivity contribution is 5.88. The molecule has 2 heterocycles. The van der Waals surface area contributed by atoms with E-state index in [2.05, 4.69) is 17.4 Å². The van der Waals surface area contributed by atoms with Gasteiger partial charge in [-0.3, -0.25) is 10.1 Å². The number of carbonyl (C=O) groups is 1. The van der Waals surface area contributed by atoms with Crippen molar-refractivity contribution in [2.75, 3.05) is 13.6 Å². The fraction of sp³-hybridized carbons (Fsp3) is 0.350. The SMILES string of the molecule is CN1CC[C@]2(CC[C@H](c3cccc(-c4ccc(F)cc4)c3)N2)C1=O.Cl. The zero-order valence-electron chi connectivity index (χ0n) is 14.2. The lowest BCUT2D eigenvalue weighted by molar-refractivity contribution is -0.131. The largest absolute Gasteiger partial charge is 0.344 e. The van der Waals surface area contributed by atoms with Crippen LogP contribution in [0, 0.1) is 5.82 Å². The summed E-state index contributed by atoms with van der Waals surface area (Å²) in [5, 5.41) is 3.60. The molecule has 2 aliphatic heterocycles. The Labute approximate surface area is 153 Å². The van der Waals surface area contributed by atoms with E-state index in [0.29, 0.717) is 0 Å². The lowest BCUT2D eigenvalue weighted by atomic mass is 9.95. The molecule has 0 aliphatic carbocycles. The van der Waals surface area contributed by atoms with Crippen molar-refractivity contribution in [3.63, 3.8) is 0 Å². The summed E-state index contributed by atoms with van der Waals surface area (Å²) in [5.74, 6) is -0.00198. The molecule has 1 amide bonds. The summed E-state index contributed by atoms with van der Waals surface area (Å²) < 4.78 is 13.1. The minimum atomic E-state index is -0.370. The highest BCUT2D eigenvalue weighted by atomic mass is 35.5. The number of rotatable bonds is 2. The first-order valence-corrected chi connectivity index (χ1v) is 8.47. The molecule has 0 radical (unpaired) electrons. The summed E-state index contributed by atoms with van der Waals surface area (Å²) >= 11 is 0. The molecule has 2 aromatic rings. The van der Waals surface area contributed by atoms with Crippen LogP contribution in [0.1, 0.15) is 30.9 Å². The zero-order valence-corrected chi connectivity index (χ0v) is 15.0. The maximum absolute atomic E-state index is 13.1. The Morgan fingerprint density at radius 3 is 2.56 bits per heavy atom. The van der Waals surface area contributed by atoms with Crippen molar-refractivity contribution in [3.05, 3.63) is 59.9 Å². The first kappa shape index (κ1) is 17.9. The number of likely N-dealkylation sites (N-methyl/N-ethyl adjacent to an activating group) is 1. The third-order valence-electron chi connectivity index (χ3n) is 5.41. The van der Waals surface area contributed by atoms with E-state index in [-0.39, 0.29) is 35.7 Å². The quantitative estimate of drug-likeness (QED) is 0.879. The van der Waals surface area contributed by atoms with Crippen LogP contribution in [-0.4, -0.2) is 29.9 Å². The predicted molar refractivity (Wildman–Crippen MR) is 99.2 cm³/mol. The van der Waals surface area contributed by atoms with Crippen LogP contribution in [-0.2, 0) is 4.79 Å². The Kier molecular flexibility index (Phi) is 4.85. The number of nitrogens with one attached hydrogen (secondary N) is 1. The minimum absolute atomic E-state index is 0. The minimum Gasteiger partial charge on any atom is -0.344 e. The van der Waals surface area contributed by atoms with Gasteiger partial charge in [0.05, 0.1) is 0 Å². The highest BCUT2D eigenvalue weighted by Gasteiger charge is 2.49. The number of carbonyl (C=O) groups excluding carboxylic acids is 1. The molecular formula is C20H22ClFN2O. The number of nitrogens with zero attached hydrogens (tertiary/aromatic N) is 1. The Hall–Kier alpha value is -1.91. The summed E-state index contributed by atoms with van der Waals surface area (Å²) in [4.78, 5) is 14.3. The molecule has 2 aromatic carbocycles. The Morgan fingerprint density at radius 2 is 1.88 bits per heavy atom. The van der Waals surface area contributed by atoms with Crippen molar-refractivity contribution < 1.29 is 9.18 Å². The number of benzene rings is 2. The van der Waals surface area contributed by atoms with Gasteiger partial charge in [0, 0.05) is 19.6 Å². The standard InChI is InChI=1S/C20H21FN2O.ClH/c1-23-12-11-20(19(23)24)10-9-18(22-20)16-4-2-3-15(13-16)14-5-7-17(21)8-6-14;/h2-8,13,18,22H,9-12H2,1H3;1H/t18-,20-;/m1./s1. The van der Waals surface area contributed by atoms with Gasteiger partial charge in [-0.05, 0) is 54.2 Å². The molecule has 0 saturated carbocycles. The first-order chi connectivity index (χ1) is 11.6. The van der Waals surface area contributed by atoms with Crippen LogP contribution in [0.25, 0.3) is 11.1 Å². The average molecular weight is 361 g/mol. The molecular weight excluding hydrogens is 339 g/mol. The van der Waals surface area contributed by atoms with Gasteiger partial charge < -0.3 is 4.90 Å². The van der Waals surface area contributed by atoms with Crippen molar-refractivity contribution in [1.82, 2.24) is 10.2 Å². The number of amides is 1. The number of halogens is 2. The first-order valence-electron chi connectivity index (χ1n) is 8.47. The molecule has 25 heavy (non-hydrogen) atoms. The van der Waals surface area contributed by atoms with Crippen molar-refractivity contribution in [2.45, 2.75) is 30.8 Å². The van der Waals surface area contributed by atoms with Crippen LogP contribution in [0.2, 0.25) is 0 Å². The second-order valence-electron chi connectivity index (χ2n) is 6.93. The average Bonchev–Trinajstić information content (AvgIpc) is 3.16. The van der Waals surface area contributed by atoms with Crippen molar-refractivity contribution in [1.29, 1.82) is 0 Å². The predicted octanol–water partition coefficient (Wildman–Crippen LogP) is 3.94. The van der Waals surface area contributed by atoms with E-state index < -0.39 is 0 Å². The third kappa shape index (κ3) is 3.16. The smallest absolute Gasteiger partial charge is 0.242 e. The van der Waals surface area contributed by atoms with Crippen LogP contribution < -0.4 is 5.32 Å².